The van der Waals surface area contributed by atoms with Crippen LogP contribution in [0.1, 0.15) is 55.2 Å². The van der Waals surface area contributed by atoms with E-state index in [0.29, 0.717) is 31.3 Å². The van der Waals surface area contributed by atoms with Crippen LogP contribution in [0.3, 0.4) is 0 Å². The van der Waals surface area contributed by atoms with Crippen molar-refractivity contribution in [2.75, 3.05) is 20.2 Å². The van der Waals surface area contributed by atoms with Crippen LogP contribution in [0, 0.1) is 5.92 Å². The molecule has 0 amide bonds. The predicted molar refractivity (Wildman–Crippen MR) is 124 cm³/mol. The van der Waals surface area contributed by atoms with Crippen molar-refractivity contribution in [1.82, 2.24) is 4.90 Å². The van der Waals surface area contributed by atoms with Crippen molar-refractivity contribution in [2.45, 2.75) is 68.6 Å². The maximum Gasteiger partial charge on any atom is 0.134 e. The van der Waals surface area contributed by atoms with Crippen molar-refractivity contribution in [3.05, 3.63) is 65.2 Å². The summed E-state index contributed by atoms with van der Waals surface area (Å²) in [6.07, 6.45) is 6.81. The number of likely N-dealkylation sites (tertiary alicyclic amines) is 1. The van der Waals surface area contributed by atoms with Crippen molar-refractivity contribution >= 4 is 5.78 Å². The van der Waals surface area contributed by atoms with Crippen LogP contribution >= 0.6 is 0 Å². The Bertz CT molecular complexity index is 1020. The fourth-order valence-corrected chi connectivity index (χ4v) is 6.96. The van der Waals surface area contributed by atoms with Crippen LogP contribution in [-0.2, 0) is 28.0 Å². The lowest BCUT2D eigenvalue weighted by Gasteiger charge is -2.65. The number of piperidine rings is 1. The Labute approximate surface area is 190 Å². The zero-order chi connectivity index (χ0) is 21.8. The van der Waals surface area contributed by atoms with Gasteiger partial charge in [-0.2, -0.15) is 0 Å². The lowest BCUT2D eigenvalue weighted by atomic mass is 9.49. The van der Waals surface area contributed by atoms with E-state index in [1.165, 1.54) is 30.5 Å². The van der Waals surface area contributed by atoms with E-state index in [2.05, 4.69) is 35.2 Å². The van der Waals surface area contributed by atoms with Gasteiger partial charge < -0.3 is 9.47 Å². The molecule has 32 heavy (non-hydrogen) atoms. The summed E-state index contributed by atoms with van der Waals surface area (Å²) in [6, 6.07) is 17.3. The predicted octanol–water partition coefficient (Wildman–Crippen LogP) is 4.68. The normalized spacial score (nSPS) is 31.7. The summed E-state index contributed by atoms with van der Waals surface area (Å²) < 4.78 is 12.7. The number of ether oxygens (including phenoxy) is 2. The fraction of sp³-hybridized carbons (Fsp3) is 0.536. The topological polar surface area (TPSA) is 38.8 Å². The van der Waals surface area contributed by atoms with E-state index in [0.717, 1.165) is 43.0 Å². The molecular formula is C28H33NO3. The third-order valence-electron chi connectivity index (χ3n) is 8.70. The van der Waals surface area contributed by atoms with Crippen molar-refractivity contribution in [3.63, 3.8) is 0 Å². The first-order valence-electron chi connectivity index (χ1n) is 12.2. The summed E-state index contributed by atoms with van der Waals surface area (Å²) in [5.41, 5.74) is 3.33. The average molecular weight is 432 g/mol. The molecule has 0 spiro atoms. The van der Waals surface area contributed by atoms with Crippen molar-refractivity contribution < 1.29 is 14.3 Å². The molecule has 6 rings (SSSR count). The number of hydrogen-bond donors (Lipinski definition) is 0. The highest BCUT2D eigenvalue weighted by Crippen LogP contribution is 2.59. The maximum atomic E-state index is 12.8. The molecule has 2 aromatic carbocycles. The Kier molecular flexibility index (Phi) is 4.92. The summed E-state index contributed by atoms with van der Waals surface area (Å²) >= 11 is 0. The number of methoxy groups -OCH3 is 1. The molecular weight excluding hydrogens is 398 g/mol. The van der Waals surface area contributed by atoms with E-state index in [4.69, 9.17) is 9.47 Å². The number of hydrogen-bond acceptors (Lipinski definition) is 4. The largest absolute Gasteiger partial charge is 0.489 e. The zero-order valence-electron chi connectivity index (χ0n) is 19.0. The zero-order valence-corrected chi connectivity index (χ0v) is 19.0. The Morgan fingerprint density at radius 1 is 1.09 bits per heavy atom. The molecule has 0 radical (unpaired) electrons. The molecule has 1 aliphatic heterocycles. The summed E-state index contributed by atoms with van der Waals surface area (Å²) in [6.45, 7) is 2.81. The van der Waals surface area contributed by atoms with E-state index < -0.39 is 0 Å². The third-order valence-corrected chi connectivity index (χ3v) is 8.70. The van der Waals surface area contributed by atoms with E-state index in [1.807, 2.05) is 25.3 Å². The van der Waals surface area contributed by atoms with Crippen LogP contribution in [0.15, 0.2) is 48.5 Å². The number of carbonyl (C=O) groups is 1. The first-order valence-corrected chi connectivity index (χ1v) is 12.2. The number of rotatable bonds is 6. The molecule has 1 heterocycles. The van der Waals surface area contributed by atoms with E-state index >= 15 is 0 Å². The molecule has 4 heteroatoms. The maximum absolute atomic E-state index is 12.8. The van der Waals surface area contributed by atoms with Gasteiger partial charge in [-0.1, -0.05) is 36.4 Å². The van der Waals surface area contributed by atoms with Gasteiger partial charge in [-0.15, -0.1) is 0 Å². The number of fused-ring (bicyclic) bond motifs is 1. The Morgan fingerprint density at radius 2 is 1.94 bits per heavy atom. The first kappa shape index (κ1) is 20.4. The minimum atomic E-state index is -0.279. The highest BCUT2D eigenvalue weighted by Gasteiger charge is 2.66. The Balaban J connectivity index is 1.38. The Hall–Kier alpha value is -2.17. The molecule has 0 N–H and O–H groups in total. The van der Waals surface area contributed by atoms with Gasteiger partial charge in [0, 0.05) is 38.0 Å². The molecule has 4 nitrogen and oxygen atoms in total. The standard InChI is InChI=1S/C28H33NO3/c1-31-28-12-11-23(30)17-27(28)13-14-29(18-20-7-8-20)26(28)15-22-9-10-24(16-25(22)27)32-19-21-5-3-2-4-6-21/h2-6,9-10,16,20,26H,7-8,11-15,17-19H2,1H3/t26?,27-,28+/m0/s1. The van der Waals surface area contributed by atoms with Crippen LogP contribution < -0.4 is 4.74 Å². The first-order chi connectivity index (χ1) is 15.6. The monoisotopic (exact) mass is 431 g/mol. The van der Waals surface area contributed by atoms with E-state index in [9.17, 15) is 4.79 Å². The highest BCUT2D eigenvalue weighted by atomic mass is 16.5. The van der Waals surface area contributed by atoms with E-state index in [1.54, 1.807) is 0 Å². The molecule has 3 atom stereocenters. The van der Waals surface area contributed by atoms with Crippen LogP contribution in [0.2, 0.25) is 0 Å². The molecule has 2 saturated carbocycles. The third kappa shape index (κ3) is 3.14. The van der Waals surface area contributed by atoms with Gasteiger partial charge in [0.1, 0.15) is 18.1 Å². The summed E-state index contributed by atoms with van der Waals surface area (Å²) in [5, 5.41) is 0. The molecule has 3 fully saturated rings. The lowest BCUT2D eigenvalue weighted by molar-refractivity contribution is -0.187. The van der Waals surface area contributed by atoms with Gasteiger partial charge in [0.25, 0.3) is 0 Å². The second-order valence-electron chi connectivity index (χ2n) is 10.4. The SMILES string of the molecule is CO[C@@]12CCC(=O)C[C@]13CCN(CC1CC1)C2Cc1ccc(OCc2ccccc2)cc13. The average Bonchev–Trinajstić information content (AvgIpc) is 3.64. The van der Waals surface area contributed by atoms with Crippen LogP contribution in [0.4, 0.5) is 0 Å². The molecule has 168 valence electrons. The highest BCUT2D eigenvalue weighted by molar-refractivity contribution is 5.82. The number of carbonyl (C=O) groups excluding carboxylic acids is 1. The lowest BCUT2D eigenvalue weighted by Crippen LogP contribution is -2.74. The van der Waals surface area contributed by atoms with Crippen LogP contribution in [-0.4, -0.2) is 42.5 Å². The number of nitrogens with zero attached hydrogens (tertiary/aromatic N) is 1. The summed E-state index contributed by atoms with van der Waals surface area (Å²) in [7, 11) is 1.89. The van der Waals surface area contributed by atoms with Gasteiger partial charge >= 0.3 is 0 Å². The Morgan fingerprint density at radius 3 is 2.72 bits per heavy atom. The second-order valence-corrected chi connectivity index (χ2v) is 10.4. The van der Waals surface area contributed by atoms with Crippen LogP contribution in [0.25, 0.3) is 0 Å². The molecule has 4 aliphatic rings. The van der Waals surface area contributed by atoms with Gasteiger partial charge in [0.05, 0.1) is 5.60 Å². The van der Waals surface area contributed by atoms with E-state index in [-0.39, 0.29) is 11.0 Å². The quantitative estimate of drug-likeness (QED) is 0.666. The van der Waals surface area contributed by atoms with Gasteiger partial charge in [-0.05, 0) is 73.4 Å². The summed E-state index contributed by atoms with van der Waals surface area (Å²) in [5.74, 6) is 2.14. The number of Topliss-reactive ketones (excluding diaryl/α,β-unsaturated/α-hetero) is 1. The van der Waals surface area contributed by atoms with Gasteiger partial charge in [-0.25, -0.2) is 0 Å². The van der Waals surface area contributed by atoms with Crippen molar-refractivity contribution in [3.8, 4) is 5.75 Å². The molecule has 1 saturated heterocycles. The summed E-state index contributed by atoms with van der Waals surface area (Å²) in [4.78, 5) is 15.6. The number of benzene rings is 2. The number of ketones is 1. The molecule has 1 unspecified atom stereocenters. The minimum Gasteiger partial charge on any atom is -0.489 e. The van der Waals surface area contributed by atoms with Crippen molar-refractivity contribution in [1.29, 1.82) is 0 Å². The molecule has 3 aliphatic carbocycles. The smallest absolute Gasteiger partial charge is 0.134 e. The van der Waals surface area contributed by atoms with Crippen molar-refractivity contribution in [2.24, 2.45) is 5.92 Å². The van der Waals surface area contributed by atoms with Gasteiger partial charge in [0.2, 0.25) is 0 Å². The second kappa shape index (κ2) is 7.71. The van der Waals surface area contributed by atoms with Gasteiger partial charge in [0.15, 0.2) is 0 Å². The van der Waals surface area contributed by atoms with Gasteiger partial charge in [-0.3, -0.25) is 9.69 Å². The van der Waals surface area contributed by atoms with Crippen LogP contribution in [0.5, 0.6) is 5.75 Å². The molecule has 2 bridgehead atoms. The fourth-order valence-electron chi connectivity index (χ4n) is 6.96. The molecule has 0 aromatic heterocycles. The minimum absolute atomic E-state index is 0.235. The molecule has 2 aromatic rings.